The molecule has 0 saturated heterocycles. The summed E-state index contributed by atoms with van der Waals surface area (Å²) in [6.45, 7) is 1.85. The maximum atomic E-state index is 13.4. The Morgan fingerprint density at radius 2 is 1.73 bits per heavy atom. The Morgan fingerprint density at radius 1 is 1.00 bits per heavy atom. The molecule has 0 radical (unpaired) electrons. The lowest BCUT2D eigenvalue weighted by Gasteiger charge is -2.13. The SMILES string of the molecule is COc1ccc(-c2c(NC(=O)c3ccccc3Cl)oc3c(C)cccc3c2=O)cc1. The molecule has 4 rings (SSSR count). The minimum Gasteiger partial charge on any atom is -0.497 e. The third-order valence-corrected chi connectivity index (χ3v) is 5.17. The molecule has 1 heterocycles. The summed E-state index contributed by atoms with van der Waals surface area (Å²) in [5.74, 6) is 0.254. The number of halogens is 1. The van der Waals surface area contributed by atoms with Crippen LogP contribution in [0.25, 0.3) is 22.1 Å². The Labute approximate surface area is 177 Å². The van der Waals surface area contributed by atoms with Crippen LogP contribution in [0.2, 0.25) is 5.02 Å². The minimum atomic E-state index is -0.466. The second-order valence-electron chi connectivity index (χ2n) is 6.75. The summed E-state index contributed by atoms with van der Waals surface area (Å²) in [4.78, 5) is 26.2. The molecule has 5 nitrogen and oxygen atoms in total. The Kier molecular flexibility index (Phi) is 5.29. The second kappa shape index (κ2) is 8.05. The first-order valence-electron chi connectivity index (χ1n) is 9.26. The number of hydrogen-bond donors (Lipinski definition) is 1. The molecule has 30 heavy (non-hydrogen) atoms. The fourth-order valence-corrected chi connectivity index (χ4v) is 3.50. The van der Waals surface area contributed by atoms with Gasteiger partial charge in [-0.15, -0.1) is 0 Å². The molecule has 1 N–H and O–H groups in total. The first-order valence-corrected chi connectivity index (χ1v) is 9.64. The summed E-state index contributed by atoms with van der Waals surface area (Å²) in [6.07, 6.45) is 0. The lowest BCUT2D eigenvalue weighted by molar-refractivity contribution is 0.102. The third-order valence-electron chi connectivity index (χ3n) is 4.84. The Bertz CT molecular complexity index is 1310. The Hall–Kier alpha value is -3.57. The van der Waals surface area contributed by atoms with Crippen LogP contribution in [-0.4, -0.2) is 13.0 Å². The van der Waals surface area contributed by atoms with Crippen molar-refractivity contribution in [2.45, 2.75) is 6.92 Å². The zero-order valence-electron chi connectivity index (χ0n) is 16.4. The fraction of sp³-hybridized carbons (Fsp3) is 0.0833. The van der Waals surface area contributed by atoms with Crippen LogP contribution in [0.4, 0.5) is 5.88 Å². The average molecular weight is 420 g/mol. The number of nitrogens with one attached hydrogen (secondary N) is 1. The van der Waals surface area contributed by atoms with Crippen molar-refractivity contribution in [1.29, 1.82) is 0 Å². The van der Waals surface area contributed by atoms with Gasteiger partial charge in [-0.1, -0.05) is 48.0 Å². The lowest BCUT2D eigenvalue weighted by Crippen LogP contribution is -2.17. The zero-order chi connectivity index (χ0) is 21.3. The summed E-state index contributed by atoms with van der Waals surface area (Å²) in [7, 11) is 1.57. The predicted octanol–water partition coefficient (Wildman–Crippen LogP) is 5.68. The van der Waals surface area contributed by atoms with Crippen molar-refractivity contribution in [3.8, 4) is 16.9 Å². The van der Waals surface area contributed by atoms with E-state index < -0.39 is 5.91 Å². The minimum absolute atomic E-state index is 0.0666. The standard InChI is InChI=1S/C24H18ClNO4/c1-14-6-5-8-18-21(27)20(15-10-12-16(29-2)13-11-15)24(30-22(14)18)26-23(28)17-7-3-4-9-19(17)25/h3-13H,1-2H3,(H,26,28). The van der Waals surface area contributed by atoms with Crippen LogP contribution in [-0.2, 0) is 0 Å². The number of fused-ring (bicyclic) bond motifs is 1. The molecule has 0 spiro atoms. The van der Waals surface area contributed by atoms with Crippen LogP contribution in [0, 0.1) is 6.92 Å². The number of para-hydroxylation sites is 1. The van der Waals surface area contributed by atoms with Crippen molar-refractivity contribution >= 4 is 34.4 Å². The molecular weight excluding hydrogens is 402 g/mol. The second-order valence-corrected chi connectivity index (χ2v) is 7.16. The van der Waals surface area contributed by atoms with Crippen LogP contribution in [0.1, 0.15) is 15.9 Å². The molecule has 0 unspecified atom stereocenters. The predicted molar refractivity (Wildman–Crippen MR) is 119 cm³/mol. The van der Waals surface area contributed by atoms with Crippen LogP contribution < -0.4 is 15.5 Å². The van der Waals surface area contributed by atoms with Gasteiger partial charge in [-0.05, 0) is 48.4 Å². The Morgan fingerprint density at radius 3 is 2.43 bits per heavy atom. The van der Waals surface area contributed by atoms with E-state index in [9.17, 15) is 9.59 Å². The number of anilines is 1. The van der Waals surface area contributed by atoms with Gasteiger partial charge in [-0.25, -0.2) is 0 Å². The molecule has 150 valence electrons. The van der Waals surface area contributed by atoms with Gasteiger partial charge in [-0.3, -0.25) is 14.9 Å². The van der Waals surface area contributed by atoms with E-state index in [1.807, 2.05) is 13.0 Å². The van der Waals surface area contributed by atoms with Crippen molar-refractivity contribution < 1.29 is 13.9 Å². The van der Waals surface area contributed by atoms with Crippen LogP contribution in [0.15, 0.2) is 75.9 Å². The molecule has 0 aliphatic heterocycles. The first kappa shape index (κ1) is 19.7. The van der Waals surface area contributed by atoms with Gasteiger partial charge in [0.2, 0.25) is 11.3 Å². The molecule has 3 aromatic carbocycles. The molecule has 0 aliphatic rings. The van der Waals surface area contributed by atoms with E-state index in [1.165, 1.54) is 0 Å². The number of benzene rings is 3. The number of amides is 1. The first-order chi connectivity index (χ1) is 14.5. The summed E-state index contributed by atoms with van der Waals surface area (Å²) >= 11 is 6.16. The summed E-state index contributed by atoms with van der Waals surface area (Å²) in [5, 5.41) is 3.48. The summed E-state index contributed by atoms with van der Waals surface area (Å²) in [6, 6.07) is 19.0. The number of rotatable bonds is 4. The highest BCUT2D eigenvalue weighted by atomic mass is 35.5. The number of ether oxygens (including phenoxy) is 1. The topological polar surface area (TPSA) is 68.5 Å². The monoisotopic (exact) mass is 419 g/mol. The molecule has 1 aromatic heterocycles. The molecule has 0 fully saturated rings. The number of methoxy groups -OCH3 is 1. The van der Waals surface area contributed by atoms with Crippen LogP contribution >= 0.6 is 11.6 Å². The lowest BCUT2D eigenvalue weighted by atomic mass is 10.0. The Balaban J connectivity index is 1.92. The van der Waals surface area contributed by atoms with E-state index in [2.05, 4.69) is 5.32 Å². The molecular formula is C24H18ClNO4. The smallest absolute Gasteiger partial charge is 0.259 e. The maximum Gasteiger partial charge on any atom is 0.259 e. The highest BCUT2D eigenvalue weighted by Gasteiger charge is 2.20. The van der Waals surface area contributed by atoms with Gasteiger partial charge in [0.25, 0.3) is 5.91 Å². The number of hydrogen-bond acceptors (Lipinski definition) is 4. The number of carbonyl (C=O) groups is 1. The van der Waals surface area contributed by atoms with Gasteiger partial charge in [0.15, 0.2) is 0 Å². The van der Waals surface area contributed by atoms with E-state index in [0.717, 1.165) is 5.56 Å². The van der Waals surface area contributed by atoms with Gasteiger partial charge in [-0.2, -0.15) is 0 Å². The fourth-order valence-electron chi connectivity index (χ4n) is 3.28. The van der Waals surface area contributed by atoms with Crippen molar-refractivity contribution in [3.05, 3.63) is 93.1 Å². The zero-order valence-corrected chi connectivity index (χ0v) is 17.1. The van der Waals surface area contributed by atoms with E-state index in [0.29, 0.717) is 27.3 Å². The molecule has 0 atom stereocenters. The highest BCUT2D eigenvalue weighted by Crippen LogP contribution is 2.31. The van der Waals surface area contributed by atoms with Crippen LogP contribution in [0.5, 0.6) is 5.75 Å². The van der Waals surface area contributed by atoms with Gasteiger partial charge in [0.05, 0.1) is 28.6 Å². The van der Waals surface area contributed by atoms with Crippen molar-refractivity contribution in [3.63, 3.8) is 0 Å². The largest absolute Gasteiger partial charge is 0.497 e. The van der Waals surface area contributed by atoms with E-state index >= 15 is 0 Å². The number of aryl methyl sites for hydroxylation is 1. The normalized spacial score (nSPS) is 10.8. The summed E-state index contributed by atoms with van der Waals surface area (Å²) in [5.41, 5.74) is 2.12. The quantitative estimate of drug-likeness (QED) is 0.462. The van der Waals surface area contributed by atoms with Crippen LogP contribution in [0.3, 0.4) is 0 Å². The summed E-state index contributed by atoms with van der Waals surface area (Å²) < 4.78 is 11.2. The average Bonchev–Trinajstić information content (AvgIpc) is 2.75. The number of carbonyl (C=O) groups excluding carboxylic acids is 1. The van der Waals surface area contributed by atoms with Crippen molar-refractivity contribution in [1.82, 2.24) is 0 Å². The highest BCUT2D eigenvalue weighted by molar-refractivity contribution is 6.34. The van der Waals surface area contributed by atoms with E-state index in [4.69, 9.17) is 20.8 Å². The van der Waals surface area contributed by atoms with Gasteiger partial charge >= 0.3 is 0 Å². The molecule has 4 aromatic rings. The van der Waals surface area contributed by atoms with Gasteiger partial charge in [0, 0.05) is 0 Å². The van der Waals surface area contributed by atoms with Crippen molar-refractivity contribution in [2.75, 3.05) is 12.4 Å². The molecule has 0 bridgehead atoms. The molecule has 0 aliphatic carbocycles. The maximum absolute atomic E-state index is 13.4. The van der Waals surface area contributed by atoms with E-state index in [1.54, 1.807) is 67.8 Å². The van der Waals surface area contributed by atoms with Gasteiger partial charge < -0.3 is 9.15 Å². The molecule has 1 amide bonds. The van der Waals surface area contributed by atoms with Crippen molar-refractivity contribution in [2.24, 2.45) is 0 Å². The van der Waals surface area contributed by atoms with Gasteiger partial charge in [0.1, 0.15) is 11.3 Å². The van der Waals surface area contributed by atoms with E-state index in [-0.39, 0.29) is 22.4 Å². The third kappa shape index (κ3) is 3.55. The molecule has 0 saturated carbocycles. The molecule has 6 heteroatoms.